The van der Waals surface area contributed by atoms with Crippen molar-refractivity contribution < 1.29 is 27.9 Å². The summed E-state index contributed by atoms with van der Waals surface area (Å²) in [4.78, 5) is 21.7. The number of aromatic nitrogens is 2. The van der Waals surface area contributed by atoms with Gasteiger partial charge in [0.05, 0.1) is 13.3 Å². The number of hydrogen-bond donors (Lipinski definition) is 2. The zero-order chi connectivity index (χ0) is 13.9. The van der Waals surface area contributed by atoms with Gasteiger partial charge in [-0.3, -0.25) is 14.2 Å². The zero-order valence-corrected chi connectivity index (χ0v) is 10.4. The van der Waals surface area contributed by atoms with Crippen LogP contribution in [0.4, 0.5) is 5.82 Å². The van der Waals surface area contributed by atoms with E-state index in [0.717, 1.165) is 18.0 Å². The molecule has 0 aliphatic heterocycles. The highest BCUT2D eigenvalue weighted by atomic mass is 32.2. The second-order valence-electron chi connectivity index (χ2n) is 3.27. The maximum atomic E-state index is 11.5. The number of methoxy groups -OCH3 is 1. The van der Waals surface area contributed by atoms with E-state index < -0.39 is 27.7 Å². The molecule has 0 aliphatic carbocycles. The van der Waals surface area contributed by atoms with Gasteiger partial charge in [-0.2, -0.15) is 5.10 Å². The number of sulfonamides is 1. The summed E-state index contributed by atoms with van der Waals surface area (Å²) >= 11 is 0. The fraction of sp³-hybridized carbons (Fsp3) is 0.375. The number of anilines is 1. The Kier molecular flexibility index (Phi) is 3.91. The van der Waals surface area contributed by atoms with Crippen LogP contribution in [0.15, 0.2) is 6.20 Å². The van der Waals surface area contributed by atoms with Gasteiger partial charge in [0.25, 0.3) is 0 Å². The molecule has 0 saturated heterocycles. The summed E-state index contributed by atoms with van der Waals surface area (Å²) in [6.45, 7) is 0. The largest absolute Gasteiger partial charge is 0.477 e. The van der Waals surface area contributed by atoms with E-state index in [2.05, 4.69) is 9.84 Å². The lowest BCUT2D eigenvalue weighted by Gasteiger charge is -2.08. The molecule has 1 aromatic rings. The third-order valence-corrected chi connectivity index (χ3v) is 3.08. The predicted octanol–water partition coefficient (Wildman–Crippen LogP) is -0.967. The third kappa shape index (κ3) is 3.20. The number of hydrogen-bond acceptors (Lipinski definition) is 6. The Bertz CT molecular complexity index is 576. The number of carboxylic acid groups (broad SMARTS) is 1. The van der Waals surface area contributed by atoms with Crippen molar-refractivity contribution in [3.05, 3.63) is 11.8 Å². The Morgan fingerprint density at radius 1 is 1.56 bits per heavy atom. The van der Waals surface area contributed by atoms with Crippen LogP contribution in [0, 0.1) is 0 Å². The van der Waals surface area contributed by atoms with E-state index in [4.69, 9.17) is 5.11 Å². The van der Waals surface area contributed by atoms with Gasteiger partial charge in [-0.05, 0) is 0 Å². The van der Waals surface area contributed by atoms with Crippen molar-refractivity contribution in [3.63, 3.8) is 0 Å². The van der Waals surface area contributed by atoms with Crippen LogP contribution in [-0.2, 0) is 26.6 Å². The third-order valence-electron chi connectivity index (χ3n) is 1.96. The fourth-order valence-corrected chi connectivity index (χ4v) is 2.15. The number of carbonyl (C=O) groups is 2. The van der Waals surface area contributed by atoms with E-state index in [0.29, 0.717) is 0 Å². The summed E-state index contributed by atoms with van der Waals surface area (Å²) < 4.78 is 30.3. The topological polar surface area (TPSA) is 128 Å². The Labute approximate surface area is 102 Å². The van der Waals surface area contributed by atoms with Gasteiger partial charge in [0.1, 0.15) is 5.56 Å². The van der Waals surface area contributed by atoms with Gasteiger partial charge >= 0.3 is 11.9 Å². The Hall–Kier alpha value is -2.10. The quantitative estimate of drug-likeness (QED) is 0.663. The molecule has 0 amide bonds. The number of nitrogens with zero attached hydrogens (tertiary/aromatic N) is 2. The lowest BCUT2D eigenvalue weighted by molar-refractivity contribution is -0.137. The maximum absolute atomic E-state index is 11.5. The number of nitrogens with one attached hydrogen (secondary N) is 1. The molecule has 1 rings (SSSR count). The first kappa shape index (κ1) is 14.0. The van der Waals surface area contributed by atoms with Gasteiger partial charge in [0.2, 0.25) is 10.0 Å². The minimum atomic E-state index is -4.04. The number of carboxylic acids is 1. The first-order chi connectivity index (χ1) is 8.26. The summed E-state index contributed by atoms with van der Waals surface area (Å²) in [6, 6.07) is 0. The molecule has 100 valence electrons. The second kappa shape index (κ2) is 5.04. The summed E-state index contributed by atoms with van der Waals surface area (Å²) in [5.74, 6) is -3.43. The van der Waals surface area contributed by atoms with E-state index in [1.807, 2.05) is 4.72 Å². The van der Waals surface area contributed by atoms with E-state index in [9.17, 15) is 18.0 Å². The van der Waals surface area contributed by atoms with Crippen molar-refractivity contribution >= 4 is 27.8 Å². The van der Waals surface area contributed by atoms with Gasteiger partial charge in [0, 0.05) is 7.05 Å². The number of esters is 1. The molecule has 0 unspecified atom stereocenters. The Morgan fingerprint density at radius 2 is 2.17 bits per heavy atom. The van der Waals surface area contributed by atoms with Gasteiger partial charge < -0.3 is 9.84 Å². The van der Waals surface area contributed by atoms with Crippen LogP contribution in [0.3, 0.4) is 0 Å². The van der Waals surface area contributed by atoms with Crippen molar-refractivity contribution in [1.29, 1.82) is 0 Å². The number of aromatic carboxylic acids is 1. The smallest absolute Gasteiger partial charge is 0.341 e. The molecular weight excluding hydrogens is 266 g/mol. The van der Waals surface area contributed by atoms with E-state index >= 15 is 0 Å². The van der Waals surface area contributed by atoms with Gasteiger partial charge in [-0.1, -0.05) is 0 Å². The summed E-state index contributed by atoms with van der Waals surface area (Å²) in [7, 11) is -1.63. The molecule has 0 bridgehead atoms. The van der Waals surface area contributed by atoms with Crippen LogP contribution in [0.2, 0.25) is 0 Å². The average Bonchev–Trinajstić information content (AvgIpc) is 2.59. The van der Waals surface area contributed by atoms with Crippen molar-refractivity contribution in [2.24, 2.45) is 7.05 Å². The minimum absolute atomic E-state index is 0.230. The monoisotopic (exact) mass is 277 g/mol. The van der Waals surface area contributed by atoms with Crippen LogP contribution in [0.5, 0.6) is 0 Å². The summed E-state index contributed by atoms with van der Waals surface area (Å²) in [5, 5.41) is 12.4. The molecule has 0 aliphatic rings. The fourth-order valence-electron chi connectivity index (χ4n) is 1.11. The molecular formula is C8H11N3O6S. The molecule has 18 heavy (non-hydrogen) atoms. The second-order valence-corrected chi connectivity index (χ2v) is 5.00. The summed E-state index contributed by atoms with van der Waals surface area (Å²) in [6.07, 6.45) is 0.998. The Balaban J connectivity index is 3.01. The molecule has 10 heteroatoms. The molecule has 9 nitrogen and oxygen atoms in total. The van der Waals surface area contributed by atoms with E-state index in [1.165, 1.54) is 7.05 Å². The maximum Gasteiger partial charge on any atom is 0.341 e. The van der Waals surface area contributed by atoms with Crippen molar-refractivity contribution in [2.45, 2.75) is 0 Å². The van der Waals surface area contributed by atoms with Gasteiger partial charge in [0.15, 0.2) is 11.6 Å². The molecule has 0 saturated carbocycles. The highest BCUT2D eigenvalue weighted by molar-refractivity contribution is 7.93. The van der Waals surface area contributed by atoms with Crippen molar-refractivity contribution in [1.82, 2.24) is 9.78 Å². The zero-order valence-electron chi connectivity index (χ0n) is 9.58. The number of rotatable bonds is 5. The number of ether oxygens (including phenoxy) is 1. The highest BCUT2D eigenvalue weighted by Gasteiger charge is 2.23. The van der Waals surface area contributed by atoms with E-state index in [-0.39, 0.29) is 11.4 Å². The molecule has 0 aromatic carbocycles. The van der Waals surface area contributed by atoms with Crippen molar-refractivity contribution in [2.75, 3.05) is 17.6 Å². The number of aryl methyl sites for hydroxylation is 1. The lowest BCUT2D eigenvalue weighted by atomic mass is 10.3. The van der Waals surface area contributed by atoms with E-state index in [1.54, 1.807) is 0 Å². The molecule has 0 atom stereocenters. The van der Waals surface area contributed by atoms with Crippen LogP contribution >= 0.6 is 0 Å². The van der Waals surface area contributed by atoms with Gasteiger partial charge in [-0.25, -0.2) is 13.2 Å². The number of carbonyl (C=O) groups excluding carboxylic acids is 1. The Morgan fingerprint density at radius 3 is 2.67 bits per heavy atom. The highest BCUT2D eigenvalue weighted by Crippen LogP contribution is 2.15. The van der Waals surface area contributed by atoms with Gasteiger partial charge in [-0.15, -0.1) is 0 Å². The molecule has 1 aromatic heterocycles. The average molecular weight is 277 g/mol. The minimum Gasteiger partial charge on any atom is -0.477 e. The first-order valence-corrected chi connectivity index (χ1v) is 6.24. The van der Waals surface area contributed by atoms with Crippen molar-refractivity contribution in [3.8, 4) is 0 Å². The first-order valence-electron chi connectivity index (χ1n) is 4.59. The van der Waals surface area contributed by atoms with Crippen LogP contribution in [0.1, 0.15) is 10.4 Å². The predicted molar refractivity (Wildman–Crippen MR) is 59.6 cm³/mol. The lowest BCUT2D eigenvalue weighted by Crippen LogP contribution is -2.25. The SMILES string of the molecule is COC(=O)CS(=O)(=O)Nc1c(C(=O)O)cnn1C. The summed E-state index contributed by atoms with van der Waals surface area (Å²) in [5.41, 5.74) is -0.314. The van der Waals surface area contributed by atoms with Crippen LogP contribution in [0.25, 0.3) is 0 Å². The molecule has 2 N–H and O–H groups in total. The molecule has 0 fully saturated rings. The molecule has 1 heterocycles. The molecule has 0 spiro atoms. The normalized spacial score (nSPS) is 11.0. The van der Waals surface area contributed by atoms with Crippen LogP contribution in [-0.4, -0.2) is 48.1 Å². The standard InChI is InChI=1S/C8H11N3O6S/c1-11-7(5(3-9-11)8(13)14)10-18(15,16)4-6(12)17-2/h3,10H,4H2,1-2H3,(H,13,14). The molecule has 0 radical (unpaired) electrons. The van der Waals surface area contributed by atoms with Crippen LogP contribution < -0.4 is 4.72 Å².